The minimum absolute atomic E-state index is 0.0207. The van der Waals surface area contributed by atoms with Gasteiger partial charge in [-0.15, -0.1) is 0 Å². The van der Waals surface area contributed by atoms with Crippen LogP contribution in [0.1, 0.15) is 51.0 Å². The number of nitrogens with one attached hydrogen (secondary N) is 2. The highest BCUT2D eigenvalue weighted by Crippen LogP contribution is 2.34. The second-order valence-corrected chi connectivity index (χ2v) is 10.6. The largest absolute Gasteiger partial charge is 0.343 e. The summed E-state index contributed by atoms with van der Waals surface area (Å²) < 4.78 is 26.3. The van der Waals surface area contributed by atoms with Crippen molar-refractivity contribution < 1.29 is 18.0 Å². The molecule has 0 spiro atoms. The summed E-state index contributed by atoms with van der Waals surface area (Å²) in [5, 5.41) is 5.03. The van der Waals surface area contributed by atoms with Crippen LogP contribution in [-0.4, -0.2) is 61.4 Å². The van der Waals surface area contributed by atoms with Crippen molar-refractivity contribution in [1.82, 2.24) is 15.5 Å². The van der Waals surface area contributed by atoms with Crippen LogP contribution in [0.5, 0.6) is 0 Å². The van der Waals surface area contributed by atoms with Crippen molar-refractivity contribution in [2.75, 3.05) is 12.8 Å². The minimum atomic E-state index is -3.48. The van der Waals surface area contributed by atoms with Gasteiger partial charge in [0.25, 0.3) is 0 Å². The Hall–Kier alpha value is -1.93. The van der Waals surface area contributed by atoms with Crippen LogP contribution in [0.3, 0.4) is 0 Å². The molecule has 2 amide bonds. The number of rotatable bonds is 8. The predicted molar refractivity (Wildman–Crippen MR) is 117 cm³/mol. The molecule has 1 aromatic carbocycles. The Kier molecular flexibility index (Phi) is 7.52. The van der Waals surface area contributed by atoms with Crippen molar-refractivity contribution in [2.45, 2.75) is 75.4 Å². The molecule has 0 aliphatic carbocycles. The number of likely N-dealkylation sites (N-methyl/N-ethyl adjacent to an activating group) is 1. The van der Waals surface area contributed by atoms with Gasteiger partial charge in [0.1, 0.15) is 11.4 Å². The Labute approximate surface area is 179 Å². The van der Waals surface area contributed by atoms with E-state index in [-0.39, 0.29) is 29.7 Å². The first-order valence-corrected chi connectivity index (χ1v) is 12.6. The van der Waals surface area contributed by atoms with Gasteiger partial charge in [-0.2, -0.15) is 0 Å². The van der Waals surface area contributed by atoms with Crippen molar-refractivity contribution in [2.24, 2.45) is 0 Å². The van der Waals surface area contributed by atoms with Crippen molar-refractivity contribution in [3.63, 3.8) is 0 Å². The zero-order chi connectivity index (χ0) is 21.7. The number of nitrogens with zero attached hydrogens (tertiary/aromatic N) is 1. The maximum atomic E-state index is 13.3. The summed E-state index contributed by atoms with van der Waals surface area (Å²) >= 11 is 0. The van der Waals surface area contributed by atoms with E-state index in [0.717, 1.165) is 18.4 Å². The first-order chi connectivity index (χ1) is 14.4. The molecular formula is C22H33N3O4S. The van der Waals surface area contributed by atoms with Gasteiger partial charge in [0.15, 0.2) is 9.84 Å². The third-order valence-corrected chi connectivity index (χ3v) is 8.42. The van der Waals surface area contributed by atoms with Crippen LogP contribution < -0.4 is 10.6 Å². The van der Waals surface area contributed by atoms with E-state index < -0.39 is 21.3 Å². The van der Waals surface area contributed by atoms with Gasteiger partial charge in [-0.05, 0) is 57.6 Å². The summed E-state index contributed by atoms with van der Waals surface area (Å²) in [6.45, 7) is 1.90. The summed E-state index contributed by atoms with van der Waals surface area (Å²) in [6, 6.07) is 8.46. The fraction of sp³-hybridized carbons (Fsp3) is 0.636. The molecule has 3 rings (SSSR count). The third-order valence-electron chi connectivity index (χ3n) is 6.36. The van der Waals surface area contributed by atoms with E-state index in [1.165, 1.54) is 0 Å². The maximum Gasteiger partial charge on any atom is 0.246 e. The topological polar surface area (TPSA) is 95.6 Å². The van der Waals surface area contributed by atoms with Crippen LogP contribution in [0.4, 0.5) is 0 Å². The lowest BCUT2D eigenvalue weighted by Gasteiger charge is -2.31. The van der Waals surface area contributed by atoms with Gasteiger partial charge >= 0.3 is 0 Å². The Morgan fingerprint density at radius 1 is 1.17 bits per heavy atom. The molecule has 8 heteroatoms. The Morgan fingerprint density at radius 2 is 1.90 bits per heavy atom. The molecule has 0 bridgehead atoms. The van der Waals surface area contributed by atoms with Gasteiger partial charge in [-0.3, -0.25) is 9.59 Å². The number of sulfone groups is 1. The van der Waals surface area contributed by atoms with E-state index in [1.54, 1.807) is 11.9 Å². The molecule has 4 atom stereocenters. The number of aryl methyl sites for hydroxylation is 1. The summed E-state index contributed by atoms with van der Waals surface area (Å²) in [5.41, 5.74) is 0.973. The first-order valence-electron chi connectivity index (χ1n) is 10.9. The van der Waals surface area contributed by atoms with E-state index in [2.05, 4.69) is 10.6 Å². The van der Waals surface area contributed by atoms with Gasteiger partial charge in [-0.25, -0.2) is 8.42 Å². The number of carbonyl (C=O) groups is 2. The lowest BCUT2D eigenvalue weighted by Crippen LogP contribution is -2.55. The molecule has 2 saturated heterocycles. The highest BCUT2D eigenvalue weighted by molar-refractivity contribution is 7.92. The molecule has 2 aliphatic rings. The van der Waals surface area contributed by atoms with Crippen molar-refractivity contribution in [1.29, 1.82) is 0 Å². The Morgan fingerprint density at radius 3 is 2.57 bits per heavy atom. The summed E-state index contributed by atoms with van der Waals surface area (Å²) in [4.78, 5) is 27.4. The zero-order valence-corrected chi connectivity index (χ0v) is 18.7. The molecule has 2 unspecified atom stereocenters. The quantitative estimate of drug-likeness (QED) is 0.647. The smallest absolute Gasteiger partial charge is 0.246 e. The summed E-state index contributed by atoms with van der Waals surface area (Å²) in [6.07, 6.45) is 4.36. The lowest BCUT2D eigenvalue weighted by molar-refractivity contribution is -0.137. The number of carbonyl (C=O) groups excluding carboxylic acids is 2. The Bertz CT molecular complexity index is 839. The minimum Gasteiger partial charge on any atom is -0.343 e. The van der Waals surface area contributed by atoms with Crippen molar-refractivity contribution in [3.8, 4) is 0 Å². The van der Waals surface area contributed by atoms with E-state index in [1.807, 2.05) is 37.3 Å². The number of fused-ring (bicyclic) bond motifs is 1. The van der Waals surface area contributed by atoms with Gasteiger partial charge in [0.05, 0.1) is 11.8 Å². The average Bonchev–Trinajstić information content (AvgIpc) is 3.11. The predicted octanol–water partition coefficient (Wildman–Crippen LogP) is 1.63. The van der Waals surface area contributed by atoms with Crippen molar-refractivity contribution >= 4 is 21.7 Å². The molecule has 1 aromatic rings. The van der Waals surface area contributed by atoms with Gasteiger partial charge in [0.2, 0.25) is 11.8 Å². The first kappa shape index (κ1) is 22.7. The monoisotopic (exact) mass is 435 g/mol. The van der Waals surface area contributed by atoms with Crippen LogP contribution in [0.15, 0.2) is 30.3 Å². The zero-order valence-electron chi connectivity index (χ0n) is 17.8. The lowest BCUT2D eigenvalue weighted by atomic mass is 10.1. The molecule has 2 N–H and O–H groups in total. The standard InChI is InChI=1S/C22H33N3O4S/c1-3-18(23-2)21(26)24-19-11-7-10-17-12-13-20(25(17)22(19)27)30(28,29)15-14-16-8-5-4-6-9-16/h4-6,8-9,17-20,23H,3,7,10-15H2,1-2H3,(H,24,26)/t17-,18?,19-,20?/m0/s1. The summed E-state index contributed by atoms with van der Waals surface area (Å²) in [5.74, 6) is -0.436. The van der Waals surface area contributed by atoms with E-state index in [9.17, 15) is 18.0 Å². The number of hydrogen-bond donors (Lipinski definition) is 2. The molecule has 30 heavy (non-hydrogen) atoms. The molecular weight excluding hydrogens is 402 g/mol. The molecule has 2 heterocycles. The Balaban J connectivity index is 1.73. The molecule has 0 aromatic heterocycles. The average molecular weight is 436 g/mol. The third kappa shape index (κ3) is 5.03. The second-order valence-electron chi connectivity index (χ2n) is 8.28. The van der Waals surface area contributed by atoms with Gasteiger partial charge in [0, 0.05) is 6.04 Å². The summed E-state index contributed by atoms with van der Waals surface area (Å²) in [7, 11) is -1.76. The van der Waals surface area contributed by atoms with Crippen LogP contribution in [-0.2, 0) is 25.8 Å². The van der Waals surface area contributed by atoms with Gasteiger partial charge in [-0.1, -0.05) is 37.3 Å². The van der Waals surface area contributed by atoms with Crippen LogP contribution in [0, 0.1) is 0 Å². The van der Waals surface area contributed by atoms with E-state index in [0.29, 0.717) is 32.1 Å². The number of amides is 2. The molecule has 7 nitrogen and oxygen atoms in total. The molecule has 166 valence electrons. The van der Waals surface area contributed by atoms with Crippen LogP contribution in [0.2, 0.25) is 0 Å². The second kappa shape index (κ2) is 9.92. The van der Waals surface area contributed by atoms with Crippen LogP contribution in [0.25, 0.3) is 0 Å². The van der Waals surface area contributed by atoms with Crippen LogP contribution >= 0.6 is 0 Å². The van der Waals surface area contributed by atoms with E-state index in [4.69, 9.17) is 0 Å². The molecule has 2 aliphatic heterocycles. The maximum absolute atomic E-state index is 13.3. The fourth-order valence-corrected chi connectivity index (χ4v) is 6.54. The highest BCUT2D eigenvalue weighted by atomic mass is 32.2. The number of hydrogen-bond acceptors (Lipinski definition) is 5. The fourth-order valence-electron chi connectivity index (χ4n) is 4.63. The highest BCUT2D eigenvalue weighted by Gasteiger charge is 2.46. The van der Waals surface area contributed by atoms with Gasteiger partial charge < -0.3 is 15.5 Å². The molecule has 0 radical (unpaired) electrons. The number of benzene rings is 1. The van der Waals surface area contributed by atoms with E-state index >= 15 is 0 Å². The normalized spacial score (nSPS) is 25.5. The molecule has 2 fully saturated rings. The SMILES string of the molecule is CCC(NC)C(=O)N[C@H]1CCC[C@H]2CCC(S(=O)(=O)CCc3ccccc3)N2C1=O. The molecule has 0 saturated carbocycles. The van der Waals surface area contributed by atoms with Crippen molar-refractivity contribution in [3.05, 3.63) is 35.9 Å².